The molecule has 1 amide bonds. The first kappa shape index (κ1) is 22.5. The van der Waals surface area contributed by atoms with E-state index in [1.807, 2.05) is 46.8 Å². The maximum absolute atomic E-state index is 12.5. The van der Waals surface area contributed by atoms with Crippen molar-refractivity contribution < 1.29 is 19.1 Å². The molecule has 7 nitrogen and oxygen atoms in total. The Kier molecular flexibility index (Phi) is 7.42. The second kappa shape index (κ2) is 9.58. The lowest BCUT2D eigenvalue weighted by atomic mass is 9.98. The van der Waals surface area contributed by atoms with E-state index in [0.29, 0.717) is 17.7 Å². The molecule has 7 heteroatoms. The Bertz CT molecular complexity index is 822. The Morgan fingerprint density at radius 1 is 1.21 bits per heavy atom. The number of nitrogens with zero attached hydrogens (tertiary/aromatic N) is 1. The van der Waals surface area contributed by atoms with Crippen molar-refractivity contribution in [3.8, 4) is 11.3 Å². The van der Waals surface area contributed by atoms with Crippen LogP contribution in [0, 0.1) is 5.92 Å². The number of carbonyl (C=O) groups is 2. The quantitative estimate of drug-likeness (QED) is 0.673. The predicted octanol–water partition coefficient (Wildman–Crippen LogP) is 4.35. The van der Waals surface area contributed by atoms with Gasteiger partial charge in [-0.25, -0.2) is 9.59 Å². The highest BCUT2D eigenvalue weighted by Gasteiger charge is 2.25. The molecular formula is C22H31N3O4. The van der Waals surface area contributed by atoms with Gasteiger partial charge >= 0.3 is 12.1 Å². The van der Waals surface area contributed by atoms with Gasteiger partial charge in [0.15, 0.2) is 0 Å². The van der Waals surface area contributed by atoms with Gasteiger partial charge in [0.25, 0.3) is 0 Å². The van der Waals surface area contributed by atoms with Crippen molar-refractivity contribution in [2.24, 2.45) is 5.92 Å². The monoisotopic (exact) mass is 401 g/mol. The Balaban J connectivity index is 2.30. The van der Waals surface area contributed by atoms with Crippen LogP contribution >= 0.6 is 0 Å². The van der Waals surface area contributed by atoms with Gasteiger partial charge in [0.1, 0.15) is 5.60 Å². The Labute approximate surface area is 172 Å². The number of alkyl carbamates (subject to hydrolysis) is 1. The zero-order valence-electron chi connectivity index (χ0n) is 18.0. The number of carbonyl (C=O) groups excluding carboxylic acids is 2. The van der Waals surface area contributed by atoms with Crippen LogP contribution in [0.15, 0.2) is 30.6 Å². The number of esters is 1. The van der Waals surface area contributed by atoms with E-state index in [9.17, 15) is 9.59 Å². The third-order valence-electron chi connectivity index (χ3n) is 4.32. The summed E-state index contributed by atoms with van der Waals surface area (Å²) < 4.78 is 10.6. The molecule has 2 heterocycles. The lowest BCUT2D eigenvalue weighted by Crippen LogP contribution is -2.43. The summed E-state index contributed by atoms with van der Waals surface area (Å²) in [5.41, 5.74) is 2.31. The number of hydrogen-bond donors (Lipinski definition) is 2. The number of hydrogen-bond acceptors (Lipinski definition) is 5. The number of pyridine rings is 1. The summed E-state index contributed by atoms with van der Waals surface area (Å²) in [6.45, 7) is 11.6. The van der Waals surface area contributed by atoms with Crippen LogP contribution in [-0.2, 0) is 15.9 Å². The molecule has 0 aliphatic heterocycles. The lowest BCUT2D eigenvalue weighted by molar-refractivity contribution is 0.0490. The van der Waals surface area contributed by atoms with Gasteiger partial charge in [0, 0.05) is 41.8 Å². The van der Waals surface area contributed by atoms with Gasteiger partial charge in [-0.3, -0.25) is 4.98 Å². The van der Waals surface area contributed by atoms with Crippen molar-refractivity contribution >= 4 is 12.1 Å². The summed E-state index contributed by atoms with van der Waals surface area (Å²) in [5.74, 6) is -0.260. The van der Waals surface area contributed by atoms with E-state index >= 15 is 0 Å². The van der Waals surface area contributed by atoms with Gasteiger partial charge in [-0.15, -0.1) is 0 Å². The topological polar surface area (TPSA) is 93.3 Å². The maximum Gasteiger partial charge on any atom is 0.407 e. The molecular weight excluding hydrogens is 370 g/mol. The maximum atomic E-state index is 12.5. The average Bonchev–Trinajstić information content (AvgIpc) is 3.04. The van der Waals surface area contributed by atoms with Crippen molar-refractivity contribution in [3.05, 3.63) is 41.9 Å². The van der Waals surface area contributed by atoms with Crippen LogP contribution in [0.2, 0.25) is 0 Å². The fourth-order valence-electron chi connectivity index (χ4n) is 2.87. The van der Waals surface area contributed by atoms with Crippen molar-refractivity contribution in [3.63, 3.8) is 0 Å². The van der Waals surface area contributed by atoms with E-state index in [1.165, 1.54) is 0 Å². The molecule has 2 aromatic rings. The highest BCUT2D eigenvalue weighted by Crippen LogP contribution is 2.24. The number of aromatic amines is 1. The minimum atomic E-state index is -0.581. The predicted molar refractivity (Wildman–Crippen MR) is 112 cm³/mol. The molecule has 2 aromatic heterocycles. The van der Waals surface area contributed by atoms with Crippen molar-refractivity contribution in [2.45, 2.75) is 59.6 Å². The van der Waals surface area contributed by atoms with E-state index in [-0.39, 0.29) is 24.5 Å². The highest BCUT2D eigenvalue weighted by molar-refractivity contribution is 5.92. The van der Waals surface area contributed by atoms with Crippen LogP contribution in [0.3, 0.4) is 0 Å². The molecule has 0 spiro atoms. The number of nitrogens with one attached hydrogen (secondary N) is 2. The van der Waals surface area contributed by atoms with E-state index in [1.54, 1.807) is 25.4 Å². The van der Waals surface area contributed by atoms with E-state index in [4.69, 9.17) is 9.47 Å². The molecule has 0 aliphatic carbocycles. The van der Waals surface area contributed by atoms with Crippen molar-refractivity contribution in [2.75, 3.05) is 6.61 Å². The number of rotatable bonds is 7. The van der Waals surface area contributed by atoms with E-state index < -0.39 is 11.7 Å². The number of aromatic nitrogens is 2. The van der Waals surface area contributed by atoms with Gasteiger partial charge in [-0.05, 0) is 51.8 Å². The molecule has 2 rings (SSSR count). The summed E-state index contributed by atoms with van der Waals surface area (Å²) in [6, 6.07) is 5.29. The second-order valence-electron chi connectivity index (χ2n) is 8.23. The van der Waals surface area contributed by atoms with Crippen LogP contribution < -0.4 is 5.32 Å². The summed E-state index contributed by atoms with van der Waals surface area (Å²) in [5, 5.41) is 2.93. The molecule has 1 unspecified atom stereocenters. The zero-order valence-corrected chi connectivity index (χ0v) is 18.0. The Morgan fingerprint density at radius 3 is 2.41 bits per heavy atom. The molecule has 0 fully saturated rings. The van der Waals surface area contributed by atoms with Gasteiger partial charge in [0.2, 0.25) is 0 Å². The van der Waals surface area contributed by atoms with Crippen LogP contribution in [-0.4, -0.2) is 40.3 Å². The van der Waals surface area contributed by atoms with Gasteiger partial charge < -0.3 is 19.8 Å². The smallest absolute Gasteiger partial charge is 0.407 e. The zero-order chi connectivity index (χ0) is 21.6. The average molecular weight is 402 g/mol. The largest absolute Gasteiger partial charge is 0.462 e. The third kappa shape index (κ3) is 6.62. The Morgan fingerprint density at radius 2 is 1.86 bits per heavy atom. The summed E-state index contributed by atoms with van der Waals surface area (Å²) in [6.07, 6.45) is 3.35. The minimum absolute atomic E-state index is 0.130. The van der Waals surface area contributed by atoms with Crippen LogP contribution in [0.4, 0.5) is 4.79 Å². The fourth-order valence-corrected chi connectivity index (χ4v) is 2.87. The van der Waals surface area contributed by atoms with E-state index in [0.717, 1.165) is 11.3 Å². The summed E-state index contributed by atoms with van der Waals surface area (Å²) in [7, 11) is 0. The van der Waals surface area contributed by atoms with Gasteiger partial charge in [-0.1, -0.05) is 13.8 Å². The van der Waals surface area contributed by atoms with Crippen molar-refractivity contribution in [1.82, 2.24) is 15.3 Å². The highest BCUT2D eigenvalue weighted by atomic mass is 16.6. The lowest BCUT2D eigenvalue weighted by Gasteiger charge is -2.25. The van der Waals surface area contributed by atoms with Gasteiger partial charge in [0.05, 0.1) is 12.2 Å². The first-order chi connectivity index (χ1) is 13.6. The van der Waals surface area contributed by atoms with Crippen LogP contribution in [0.5, 0.6) is 0 Å². The fraction of sp³-hybridized carbons (Fsp3) is 0.500. The molecule has 0 aliphatic rings. The first-order valence-corrected chi connectivity index (χ1v) is 9.89. The van der Waals surface area contributed by atoms with Crippen LogP contribution in [0.1, 0.15) is 57.6 Å². The van der Waals surface area contributed by atoms with E-state index in [2.05, 4.69) is 15.3 Å². The number of H-pyrrole nitrogens is 1. The third-order valence-corrected chi connectivity index (χ3v) is 4.32. The summed E-state index contributed by atoms with van der Waals surface area (Å²) in [4.78, 5) is 32.1. The number of ether oxygens (including phenoxy) is 2. The molecule has 1 atom stereocenters. The molecule has 2 N–H and O–H groups in total. The van der Waals surface area contributed by atoms with Gasteiger partial charge in [-0.2, -0.15) is 0 Å². The van der Waals surface area contributed by atoms with Crippen LogP contribution in [0.25, 0.3) is 11.3 Å². The molecule has 0 saturated carbocycles. The standard InChI is InChI=1S/C22H31N3O4/c1-7-28-20(26)16-12-18(15-8-10-23-11-9-15)24-19(16)13-17(14(2)3)25-21(27)29-22(4,5)6/h8-12,14,17,24H,7,13H2,1-6H3,(H,25,27). The Hall–Kier alpha value is -2.83. The summed E-state index contributed by atoms with van der Waals surface area (Å²) >= 11 is 0. The molecule has 158 valence electrons. The number of amides is 1. The molecule has 0 saturated heterocycles. The molecule has 0 bridgehead atoms. The normalized spacial score (nSPS) is 12.5. The first-order valence-electron chi connectivity index (χ1n) is 9.89. The molecule has 0 aromatic carbocycles. The molecule has 29 heavy (non-hydrogen) atoms. The van der Waals surface area contributed by atoms with Crippen molar-refractivity contribution in [1.29, 1.82) is 0 Å². The minimum Gasteiger partial charge on any atom is -0.462 e. The second-order valence-corrected chi connectivity index (χ2v) is 8.23. The SMILES string of the molecule is CCOC(=O)c1cc(-c2ccncc2)[nH]c1CC(NC(=O)OC(C)(C)C)C(C)C. The molecule has 0 radical (unpaired) electrons.